The normalized spacial score (nSPS) is 11.3. The van der Waals surface area contributed by atoms with Crippen molar-refractivity contribution in [2.75, 3.05) is 13.6 Å². The predicted molar refractivity (Wildman–Crippen MR) is 99.6 cm³/mol. The molecule has 2 aromatic rings. The van der Waals surface area contributed by atoms with Gasteiger partial charge < -0.3 is 9.64 Å². The molecule has 0 aliphatic carbocycles. The van der Waals surface area contributed by atoms with Gasteiger partial charge in [0.05, 0.1) is 12.0 Å². The topological polar surface area (TPSA) is 24.8 Å². The Bertz CT molecular complexity index is 750. The van der Waals surface area contributed by atoms with Crippen LogP contribution in [0.3, 0.4) is 0 Å². The largest absolute Gasteiger partial charge is 0.435 e. The van der Waals surface area contributed by atoms with Gasteiger partial charge in [-0.2, -0.15) is 8.78 Å². The zero-order chi connectivity index (χ0) is 18.4. The highest BCUT2D eigenvalue weighted by Gasteiger charge is 2.08. The minimum atomic E-state index is -2.82. The highest BCUT2D eigenvalue weighted by atomic mass is 32.2. The number of alkyl halides is 2. The molecule has 3 nitrogen and oxygen atoms in total. The molecule has 2 aromatic carbocycles. The third-order valence-electron chi connectivity index (χ3n) is 3.64. The number of aliphatic imine (C=N–C) groups is 1. The highest BCUT2D eigenvalue weighted by molar-refractivity contribution is 7.99. The molecular formula is C19H22F2N2OS. The van der Waals surface area contributed by atoms with E-state index in [0.29, 0.717) is 0 Å². The summed E-state index contributed by atoms with van der Waals surface area (Å²) in [6.07, 6.45) is 1.82. The maximum atomic E-state index is 12.3. The second kappa shape index (κ2) is 8.85. The van der Waals surface area contributed by atoms with E-state index in [0.717, 1.165) is 33.2 Å². The highest BCUT2D eigenvalue weighted by Crippen LogP contribution is 2.35. The summed E-state index contributed by atoms with van der Waals surface area (Å²) in [5, 5.41) is 0. The predicted octanol–water partition coefficient (Wildman–Crippen LogP) is 5.67. The second-order valence-electron chi connectivity index (χ2n) is 5.68. The van der Waals surface area contributed by atoms with Crippen LogP contribution in [0.1, 0.15) is 18.1 Å². The Morgan fingerprint density at radius 3 is 2.64 bits per heavy atom. The van der Waals surface area contributed by atoms with Gasteiger partial charge in [-0.1, -0.05) is 17.8 Å². The molecule has 0 aliphatic rings. The third-order valence-corrected chi connectivity index (χ3v) is 4.79. The monoisotopic (exact) mass is 364 g/mol. The van der Waals surface area contributed by atoms with E-state index in [-0.39, 0.29) is 5.75 Å². The Kier molecular flexibility index (Phi) is 6.82. The van der Waals surface area contributed by atoms with Crippen molar-refractivity contribution in [3.63, 3.8) is 0 Å². The Labute approximate surface area is 151 Å². The minimum Gasteiger partial charge on any atom is -0.435 e. The molecular weight excluding hydrogens is 342 g/mol. The Balaban J connectivity index is 2.21. The van der Waals surface area contributed by atoms with Gasteiger partial charge in [0.25, 0.3) is 0 Å². The summed E-state index contributed by atoms with van der Waals surface area (Å²) < 4.78 is 29.2. The maximum absolute atomic E-state index is 12.3. The van der Waals surface area contributed by atoms with Crippen molar-refractivity contribution in [3.8, 4) is 5.75 Å². The molecule has 0 amide bonds. The van der Waals surface area contributed by atoms with Crippen molar-refractivity contribution < 1.29 is 13.5 Å². The number of hydrogen-bond donors (Lipinski definition) is 0. The van der Waals surface area contributed by atoms with E-state index in [1.807, 2.05) is 44.3 Å². The van der Waals surface area contributed by atoms with Crippen LogP contribution in [0.25, 0.3) is 0 Å². The number of benzene rings is 2. The van der Waals surface area contributed by atoms with E-state index in [1.54, 1.807) is 12.1 Å². The molecule has 0 unspecified atom stereocenters. The fourth-order valence-electron chi connectivity index (χ4n) is 2.11. The van der Waals surface area contributed by atoms with E-state index >= 15 is 0 Å². The van der Waals surface area contributed by atoms with Crippen molar-refractivity contribution in [1.82, 2.24) is 4.90 Å². The first-order valence-electron chi connectivity index (χ1n) is 7.97. The molecule has 0 bridgehead atoms. The Hall–Kier alpha value is -2.08. The molecule has 0 fully saturated rings. The van der Waals surface area contributed by atoms with Crippen LogP contribution in [0.5, 0.6) is 5.75 Å². The van der Waals surface area contributed by atoms with Crippen LogP contribution >= 0.6 is 11.8 Å². The number of rotatable bonds is 7. The molecule has 0 aliphatic heterocycles. The molecule has 0 radical (unpaired) electrons. The molecule has 0 spiro atoms. The number of nitrogens with zero attached hydrogens (tertiary/aromatic N) is 2. The number of halogens is 2. The number of aryl methyl sites for hydroxylation is 2. The van der Waals surface area contributed by atoms with Crippen LogP contribution in [0.4, 0.5) is 14.5 Å². The van der Waals surface area contributed by atoms with Crippen molar-refractivity contribution in [2.24, 2.45) is 4.99 Å². The van der Waals surface area contributed by atoms with E-state index < -0.39 is 6.61 Å². The van der Waals surface area contributed by atoms with Gasteiger partial charge in [0, 0.05) is 23.4 Å². The van der Waals surface area contributed by atoms with Crippen LogP contribution in [0.15, 0.2) is 51.2 Å². The molecule has 0 saturated carbocycles. The molecule has 0 heterocycles. The van der Waals surface area contributed by atoms with Gasteiger partial charge in [-0.05, 0) is 62.2 Å². The quantitative estimate of drug-likeness (QED) is 0.467. The molecule has 0 saturated heterocycles. The summed E-state index contributed by atoms with van der Waals surface area (Å²) in [5.41, 5.74) is 3.08. The lowest BCUT2D eigenvalue weighted by Crippen LogP contribution is -2.14. The van der Waals surface area contributed by atoms with Gasteiger partial charge in [0.15, 0.2) is 0 Å². The zero-order valence-corrected chi connectivity index (χ0v) is 15.6. The SMILES string of the molecule is CCN(C)C=Nc1cc(C)c(Sc2cccc(OC(F)F)c2)cc1C. The van der Waals surface area contributed by atoms with Gasteiger partial charge in [-0.3, -0.25) is 0 Å². The first-order chi connectivity index (χ1) is 11.9. The van der Waals surface area contributed by atoms with Gasteiger partial charge >= 0.3 is 6.61 Å². The summed E-state index contributed by atoms with van der Waals surface area (Å²) in [5.74, 6) is 0.165. The van der Waals surface area contributed by atoms with Crippen molar-refractivity contribution >= 4 is 23.8 Å². The van der Waals surface area contributed by atoms with Crippen LogP contribution in [-0.4, -0.2) is 31.4 Å². The molecule has 0 N–H and O–H groups in total. The minimum absolute atomic E-state index is 0.165. The van der Waals surface area contributed by atoms with Gasteiger partial charge in [0.2, 0.25) is 0 Å². The smallest absolute Gasteiger partial charge is 0.387 e. The molecule has 6 heteroatoms. The number of hydrogen-bond acceptors (Lipinski definition) is 3. The maximum Gasteiger partial charge on any atom is 0.387 e. The van der Waals surface area contributed by atoms with Crippen molar-refractivity contribution in [1.29, 1.82) is 0 Å². The van der Waals surface area contributed by atoms with Gasteiger partial charge in [0.1, 0.15) is 5.75 Å². The Morgan fingerprint density at radius 1 is 1.20 bits per heavy atom. The summed E-state index contributed by atoms with van der Waals surface area (Å²) in [7, 11) is 1.98. The molecule has 0 aromatic heterocycles. The van der Waals surface area contributed by atoms with Crippen LogP contribution in [0, 0.1) is 13.8 Å². The van der Waals surface area contributed by atoms with E-state index in [9.17, 15) is 8.78 Å². The van der Waals surface area contributed by atoms with Crippen LogP contribution < -0.4 is 4.74 Å². The van der Waals surface area contributed by atoms with Gasteiger partial charge in [-0.15, -0.1) is 0 Å². The lowest BCUT2D eigenvalue weighted by atomic mass is 10.1. The standard InChI is InChI=1S/C19H22F2N2OS/c1-5-23(4)12-22-17-9-14(3)18(10-13(17)2)25-16-8-6-7-15(11-16)24-19(20)21/h6-12,19H,5H2,1-4H3. The molecule has 134 valence electrons. The van der Waals surface area contributed by atoms with E-state index in [2.05, 4.69) is 22.7 Å². The summed E-state index contributed by atoms with van der Waals surface area (Å²) in [6, 6.07) is 10.8. The van der Waals surface area contributed by atoms with Crippen LogP contribution in [0.2, 0.25) is 0 Å². The lowest BCUT2D eigenvalue weighted by molar-refractivity contribution is -0.0499. The zero-order valence-electron chi connectivity index (χ0n) is 14.8. The summed E-state index contributed by atoms with van der Waals surface area (Å²) in [6.45, 7) is 4.17. The first-order valence-corrected chi connectivity index (χ1v) is 8.79. The fraction of sp³-hybridized carbons (Fsp3) is 0.316. The molecule has 25 heavy (non-hydrogen) atoms. The third kappa shape index (κ3) is 5.74. The van der Waals surface area contributed by atoms with E-state index in [1.165, 1.54) is 17.8 Å². The molecule has 2 rings (SSSR count). The number of ether oxygens (including phenoxy) is 1. The van der Waals surface area contributed by atoms with Gasteiger partial charge in [-0.25, -0.2) is 4.99 Å². The van der Waals surface area contributed by atoms with Crippen LogP contribution in [-0.2, 0) is 0 Å². The lowest BCUT2D eigenvalue weighted by Gasteiger charge is -2.12. The average molecular weight is 364 g/mol. The average Bonchev–Trinajstić information content (AvgIpc) is 2.56. The summed E-state index contributed by atoms with van der Waals surface area (Å²) in [4.78, 5) is 8.44. The fourth-order valence-corrected chi connectivity index (χ4v) is 3.14. The molecule has 0 atom stereocenters. The second-order valence-corrected chi connectivity index (χ2v) is 6.79. The van der Waals surface area contributed by atoms with E-state index in [4.69, 9.17) is 0 Å². The van der Waals surface area contributed by atoms with Crippen molar-refractivity contribution in [3.05, 3.63) is 47.5 Å². The van der Waals surface area contributed by atoms with Crippen molar-refractivity contribution in [2.45, 2.75) is 37.2 Å². The summed E-state index contributed by atoms with van der Waals surface area (Å²) >= 11 is 1.52. The first kappa shape index (κ1) is 19.2. The Morgan fingerprint density at radius 2 is 1.96 bits per heavy atom.